The largest absolute Gasteiger partial charge is 0.490 e. The summed E-state index contributed by atoms with van der Waals surface area (Å²) in [7, 11) is 0. The summed E-state index contributed by atoms with van der Waals surface area (Å²) in [6.07, 6.45) is 6.65. The second-order valence-electron chi connectivity index (χ2n) is 5.04. The van der Waals surface area contributed by atoms with Crippen LogP contribution in [0.1, 0.15) is 10.4 Å². The predicted octanol–water partition coefficient (Wildman–Crippen LogP) is 1.90. The molecular formula is C17H16N4O3. The highest BCUT2D eigenvalue weighted by atomic mass is 16.5. The van der Waals surface area contributed by atoms with Crippen LogP contribution >= 0.6 is 0 Å². The fourth-order valence-electron chi connectivity index (χ4n) is 2.12. The summed E-state index contributed by atoms with van der Waals surface area (Å²) in [5.41, 5.74) is 0.678. The van der Waals surface area contributed by atoms with Gasteiger partial charge in [-0.05, 0) is 18.2 Å². The lowest BCUT2D eigenvalue weighted by atomic mass is 10.2. The van der Waals surface area contributed by atoms with Gasteiger partial charge in [0.15, 0.2) is 0 Å². The van der Waals surface area contributed by atoms with Crippen LogP contribution in [0.15, 0.2) is 66.1 Å². The molecule has 0 saturated carbocycles. The molecule has 2 N–H and O–H groups in total. The second-order valence-corrected chi connectivity index (χ2v) is 5.04. The molecule has 0 saturated heterocycles. The van der Waals surface area contributed by atoms with Crippen molar-refractivity contribution in [2.24, 2.45) is 0 Å². The molecule has 0 bridgehead atoms. The number of nitrogens with zero attached hydrogens (tertiary/aromatic N) is 2. The normalized spacial score (nSPS) is 10.3. The third kappa shape index (κ3) is 3.89. The lowest BCUT2D eigenvalue weighted by molar-refractivity contribution is 0.102. The second kappa shape index (κ2) is 7.28. The van der Waals surface area contributed by atoms with Gasteiger partial charge < -0.3 is 19.6 Å². The average Bonchev–Trinajstić information content (AvgIpc) is 3.10. The molecule has 122 valence electrons. The van der Waals surface area contributed by atoms with Gasteiger partial charge in [0, 0.05) is 24.7 Å². The number of carbonyl (C=O) groups is 1. The molecule has 7 nitrogen and oxygen atoms in total. The lowest BCUT2D eigenvalue weighted by Crippen LogP contribution is -2.15. The molecule has 24 heavy (non-hydrogen) atoms. The van der Waals surface area contributed by atoms with Gasteiger partial charge >= 0.3 is 0 Å². The van der Waals surface area contributed by atoms with Crippen LogP contribution in [0.5, 0.6) is 5.75 Å². The van der Waals surface area contributed by atoms with Crippen LogP contribution in [-0.2, 0) is 6.54 Å². The maximum Gasteiger partial charge on any atom is 0.257 e. The van der Waals surface area contributed by atoms with Crippen molar-refractivity contribution in [2.45, 2.75) is 6.54 Å². The van der Waals surface area contributed by atoms with Gasteiger partial charge in [-0.2, -0.15) is 0 Å². The molecule has 0 spiro atoms. The maximum atomic E-state index is 12.2. The van der Waals surface area contributed by atoms with Crippen molar-refractivity contribution < 1.29 is 9.53 Å². The summed E-state index contributed by atoms with van der Waals surface area (Å²) >= 11 is 0. The highest BCUT2D eigenvalue weighted by Gasteiger charge is 2.09. The number of para-hydroxylation sites is 2. The van der Waals surface area contributed by atoms with Gasteiger partial charge in [-0.15, -0.1) is 0 Å². The highest BCUT2D eigenvalue weighted by molar-refractivity contribution is 6.04. The van der Waals surface area contributed by atoms with E-state index in [0.717, 1.165) is 0 Å². The fourth-order valence-corrected chi connectivity index (χ4v) is 2.12. The van der Waals surface area contributed by atoms with Gasteiger partial charge in [-0.1, -0.05) is 12.1 Å². The van der Waals surface area contributed by atoms with Crippen LogP contribution in [0.2, 0.25) is 0 Å². The van der Waals surface area contributed by atoms with Crippen LogP contribution in [0.4, 0.5) is 5.69 Å². The molecule has 0 unspecified atom stereocenters. The Hall–Kier alpha value is -3.35. The first-order valence-electron chi connectivity index (χ1n) is 7.40. The molecule has 0 aliphatic carbocycles. The van der Waals surface area contributed by atoms with Crippen molar-refractivity contribution in [3.05, 3.63) is 77.2 Å². The Labute approximate surface area is 137 Å². The van der Waals surface area contributed by atoms with E-state index in [1.807, 2.05) is 22.9 Å². The van der Waals surface area contributed by atoms with Crippen molar-refractivity contribution in [2.75, 3.05) is 11.9 Å². The van der Waals surface area contributed by atoms with E-state index in [4.69, 9.17) is 4.74 Å². The standard InChI is InChI=1S/C17H16N4O3/c22-16-6-5-13(11-19-16)17(23)20-14-3-1-2-4-15(14)24-10-9-21-8-7-18-12-21/h1-8,11-12H,9-10H2,(H,19,22)(H,20,23). The van der Waals surface area contributed by atoms with Crippen molar-refractivity contribution in [3.63, 3.8) is 0 Å². The molecule has 2 aromatic heterocycles. The number of nitrogens with one attached hydrogen (secondary N) is 2. The number of pyridine rings is 1. The predicted molar refractivity (Wildman–Crippen MR) is 89.2 cm³/mol. The van der Waals surface area contributed by atoms with E-state index in [9.17, 15) is 9.59 Å². The Bertz CT molecular complexity index is 851. The average molecular weight is 324 g/mol. The summed E-state index contributed by atoms with van der Waals surface area (Å²) in [6.45, 7) is 1.10. The van der Waals surface area contributed by atoms with E-state index < -0.39 is 0 Å². The van der Waals surface area contributed by atoms with E-state index >= 15 is 0 Å². The zero-order valence-electron chi connectivity index (χ0n) is 12.8. The van der Waals surface area contributed by atoms with Crippen LogP contribution in [0.3, 0.4) is 0 Å². The monoisotopic (exact) mass is 324 g/mol. The van der Waals surface area contributed by atoms with Crippen LogP contribution in [-0.4, -0.2) is 27.0 Å². The number of amides is 1. The third-order valence-corrected chi connectivity index (χ3v) is 3.35. The molecule has 1 amide bonds. The minimum absolute atomic E-state index is 0.255. The SMILES string of the molecule is O=C(Nc1ccccc1OCCn1ccnc1)c1ccc(=O)[nH]c1. The zero-order valence-corrected chi connectivity index (χ0v) is 12.8. The quantitative estimate of drug-likeness (QED) is 0.725. The van der Waals surface area contributed by atoms with Gasteiger partial charge in [0.25, 0.3) is 5.91 Å². The van der Waals surface area contributed by atoms with E-state index in [2.05, 4.69) is 15.3 Å². The molecule has 3 rings (SSSR count). The minimum Gasteiger partial charge on any atom is -0.490 e. The number of carbonyl (C=O) groups excluding carboxylic acids is 1. The lowest BCUT2D eigenvalue weighted by Gasteiger charge is -2.12. The molecule has 2 heterocycles. The number of H-pyrrole nitrogens is 1. The number of imidazole rings is 1. The number of aromatic nitrogens is 3. The van der Waals surface area contributed by atoms with Crippen LogP contribution in [0.25, 0.3) is 0 Å². The Morgan fingerprint density at radius 2 is 2.12 bits per heavy atom. The van der Waals surface area contributed by atoms with E-state index in [-0.39, 0.29) is 11.5 Å². The van der Waals surface area contributed by atoms with Crippen molar-refractivity contribution in [1.29, 1.82) is 0 Å². The summed E-state index contributed by atoms with van der Waals surface area (Å²) < 4.78 is 7.65. The Morgan fingerprint density at radius 3 is 2.88 bits per heavy atom. The molecule has 0 radical (unpaired) electrons. The van der Waals surface area contributed by atoms with Crippen molar-refractivity contribution >= 4 is 11.6 Å². The number of anilines is 1. The van der Waals surface area contributed by atoms with E-state index in [1.54, 1.807) is 24.7 Å². The number of hydrogen-bond acceptors (Lipinski definition) is 4. The molecule has 0 aliphatic heterocycles. The van der Waals surface area contributed by atoms with Crippen molar-refractivity contribution in [1.82, 2.24) is 14.5 Å². The van der Waals surface area contributed by atoms with Gasteiger partial charge in [0.05, 0.1) is 24.1 Å². The van der Waals surface area contributed by atoms with E-state index in [1.165, 1.54) is 18.3 Å². The van der Waals surface area contributed by atoms with Crippen LogP contribution in [0, 0.1) is 0 Å². The number of aromatic amines is 1. The molecule has 0 fully saturated rings. The molecular weight excluding hydrogens is 308 g/mol. The number of rotatable bonds is 6. The van der Waals surface area contributed by atoms with Gasteiger partial charge in [0.1, 0.15) is 12.4 Å². The van der Waals surface area contributed by atoms with Crippen molar-refractivity contribution in [3.8, 4) is 5.75 Å². The molecule has 7 heteroatoms. The Kier molecular flexibility index (Phi) is 4.71. The molecule has 0 atom stereocenters. The highest BCUT2D eigenvalue weighted by Crippen LogP contribution is 2.24. The summed E-state index contributed by atoms with van der Waals surface area (Å²) in [5, 5.41) is 2.78. The van der Waals surface area contributed by atoms with Gasteiger partial charge in [-0.25, -0.2) is 4.98 Å². The topological polar surface area (TPSA) is 89.0 Å². The fraction of sp³-hybridized carbons (Fsp3) is 0.118. The first kappa shape index (κ1) is 15.5. The number of ether oxygens (including phenoxy) is 1. The molecule has 3 aromatic rings. The Morgan fingerprint density at radius 1 is 1.25 bits per heavy atom. The Balaban J connectivity index is 1.66. The zero-order chi connectivity index (χ0) is 16.8. The maximum absolute atomic E-state index is 12.2. The summed E-state index contributed by atoms with van der Waals surface area (Å²) in [4.78, 5) is 29.7. The van der Waals surface area contributed by atoms with Gasteiger partial charge in [0.2, 0.25) is 5.56 Å². The smallest absolute Gasteiger partial charge is 0.257 e. The van der Waals surface area contributed by atoms with Crippen LogP contribution < -0.4 is 15.6 Å². The van der Waals surface area contributed by atoms with Gasteiger partial charge in [-0.3, -0.25) is 9.59 Å². The third-order valence-electron chi connectivity index (χ3n) is 3.35. The number of hydrogen-bond donors (Lipinski definition) is 2. The number of benzene rings is 1. The first-order chi connectivity index (χ1) is 11.7. The first-order valence-corrected chi connectivity index (χ1v) is 7.40. The molecule has 0 aliphatic rings. The molecule has 1 aromatic carbocycles. The summed E-state index contributed by atoms with van der Waals surface area (Å²) in [6, 6.07) is 9.97. The summed E-state index contributed by atoms with van der Waals surface area (Å²) in [5.74, 6) is 0.257. The van der Waals surface area contributed by atoms with E-state index in [0.29, 0.717) is 30.2 Å². The minimum atomic E-state index is -0.322.